The van der Waals surface area contributed by atoms with Crippen molar-refractivity contribution in [2.45, 2.75) is 63.2 Å². The third-order valence-corrected chi connectivity index (χ3v) is 7.56. The van der Waals surface area contributed by atoms with Crippen LogP contribution >= 0.6 is 0 Å². The van der Waals surface area contributed by atoms with Gasteiger partial charge in [-0.2, -0.15) is 0 Å². The van der Waals surface area contributed by atoms with Gasteiger partial charge in [-0.1, -0.05) is 0 Å². The number of nitrogens with zero attached hydrogens (tertiary/aromatic N) is 1. The number of hydrogen-bond donors (Lipinski definition) is 1. The largest absolute Gasteiger partial charge is 0.352 e. The normalized spacial score (nSPS) is 42.6. The first kappa shape index (κ1) is 16.5. The SMILES string of the molecule is O=C(CN1CCC2(CC1)OCCCO2)NC1C2CC3CC(C2)CC1C3. The fourth-order valence-corrected chi connectivity index (χ4v) is 6.55. The van der Waals surface area contributed by atoms with Crippen LogP contribution in [0.3, 0.4) is 0 Å². The molecule has 6 aliphatic rings. The minimum Gasteiger partial charge on any atom is -0.352 e. The zero-order valence-corrected chi connectivity index (χ0v) is 15.3. The molecule has 1 amide bonds. The first-order valence-electron chi connectivity index (χ1n) is 10.5. The Morgan fingerprint density at radius 2 is 1.56 bits per heavy atom. The van der Waals surface area contributed by atoms with E-state index in [1.807, 2.05) is 0 Å². The van der Waals surface area contributed by atoms with E-state index >= 15 is 0 Å². The number of piperidine rings is 1. The minimum absolute atomic E-state index is 0.235. The standard InChI is InChI=1S/C20H32N2O3/c23-18(13-22-4-2-20(3-5-22)24-6-1-7-25-20)21-19-16-9-14-8-15(11-16)12-17(19)10-14/h14-17,19H,1-13H2,(H,21,23). The third-order valence-electron chi connectivity index (χ3n) is 7.56. The van der Waals surface area contributed by atoms with E-state index in [2.05, 4.69) is 10.2 Å². The highest BCUT2D eigenvalue weighted by molar-refractivity contribution is 5.78. The molecule has 2 aliphatic heterocycles. The fraction of sp³-hybridized carbons (Fsp3) is 0.950. The summed E-state index contributed by atoms with van der Waals surface area (Å²) in [5, 5.41) is 3.44. The molecule has 2 heterocycles. The van der Waals surface area contributed by atoms with Gasteiger partial charge in [-0.3, -0.25) is 9.69 Å². The molecule has 25 heavy (non-hydrogen) atoms. The van der Waals surface area contributed by atoms with Gasteiger partial charge in [-0.15, -0.1) is 0 Å². The molecule has 0 aromatic rings. The summed E-state index contributed by atoms with van der Waals surface area (Å²) in [4.78, 5) is 14.9. The molecule has 5 heteroatoms. The number of rotatable bonds is 3. The van der Waals surface area contributed by atoms with Crippen molar-refractivity contribution in [2.75, 3.05) is 32.8 Å². The number of likely N-dealkylation sites (tertiary alicyclic amines) is 1. The van der Waals surface area contributed by atoms with Crippen molar-refractivity contribution >= 4 is 5.91 Å². The van der Waals surface area contributed by atoms with Gasteiger partial charge in [-0.05, 0) is 62.2 Å². The summed E-state index contributed by atoms with van der Waals surface area (Å²) in [6.07, 6.45) is 9.68. The van der Waals surface area contributed by atoms with Crippen LogP contribution in [0.25, 0.3) is 0 Å². The molecule has 0 unspecified atom stereocenters. The Kier molecular flexibility index (Phi) is 4.30. The van der Waals surface area contributed by atoms with E-state index in [0.717, 1.165) is 69.2 Å². The van der Waals surface area contributed by atoms with Gasteiger partial charge in [0, 0.05) is 32.0 Å². The highest BCUT2D eigenvalue weighted by atomic mass is 16.7. The van der Waals surface area contributed by atoms with E-state index in [1.54, 1.807) is 0 Å². The van der Waals surface area contributed by atoms with Crippen molar-refractivity contribution in [3.05, 3.63) is 0 Å². The third kappa shape index (κ3) is 3.24. The second-order valence-corrected chi connectivity index (χ2v) is 9.26. The molecule has 4 aliphatic carbocycles. The van der Waals surface area contributed by atoms with Crippen molar-refractivity contribution in [3.63, 3.8) is 0 Å². The van der Waals surface area contributed by atoms with Crippen LogP contribution in [0.4, 0.5) is 0 Å². The van der Waals surface area contributed by atoms with Crippen molar-refractivity contribution < 1.29 is 14.3 Å². The Balaban J connectivity index is 1.12. The van der Waals surface area contributed by atoms with Gasteiger partial charge in [0.25, 0.3) is 0 Å². The number of carbonyl (C=O) groups excluding carboxylic acids is 1. The summed E-state index contributed by atoms with van der Waals surface area (Å²) < 4.78 is 11.8. The van der Waals surface area contributed by atoms with Gasteiger partial charge in [0.05, 0.1) is 19.8 Å². The van der Waals surface area contributed by atoms with Crippen LogP contribution in [0.1, 0.15) is 51.4 Å². The maximum absolute atomic E-state index is 12.7. The molecule has 140 valence electrons. The predicted octanol–water partition coefficient (Wildman–Crippen LogP) is 2.16. The molecule has 0 atom stereocenters. The zero-order chi connectivity index (χ0) is 16.9. The van der Waals surface area contributed by atoms with Gasteiger partial charge < -0.3 is 14.8 Å². The van der Waals surface area contributed by atoms with Crippen LogP contribution in [-0.2, 0) is 14.3 Å². The lowest BCUT2D eigenvalue weighted by molar-refractivity contribution is -0.283. The maximum atomic E-state index is 12.7. The molecule has 5 nitrogen and oxygen atoms in total. The van der Waals surface area contributed by atoms with Crippen molar-refractivity contribution in [1.82, 2.24) is 10.2 Å². The molecule has 0 aromatic carbocycles. The van der Waals surface area contributed by atoms with E-state index in [1.165, 1.54) is 32.1 Å². The number of hydrogen-bond acceptors (Lipinski definition) is 4. The smallest absolute Gasteiger partial charge is 0.234 e. The molecular weight excluding hydrogens is 316 g/mol. The van der Waals surface area contributed by atoms with E-state index in [4.69, 9.17) is 9.47 Å². The van der Waals surface area contributed by atoms with E-state index in [9.17, 15) is 4.79 Å². The molecule has 6 fully saturated rings. The van der Waals surface area contributed by atoms with Crippen molar-refractivity contribution in [3.8, 4) is 0 Å². The first-order chi connectivity index (χ1) is 12.2. The minimum atomic E-state index is -0.355. The summed E-state index contributed by atoms with van der Waals surface area (Å²) >= 11 is 0. The molecular formula is C20H32N2O3. The summed E-state index contributed by atoms with van der Waals surface area (Å²) in [5.41, 5.74) is 0. The van der Waals surface area contributed by atoms with Gasteiger partial charge >= 0.3 is 0 Å². The predicted molar refractivity (Wildman–Crippen MR) is 93.9 cm³/mol. The molecule has 0 radical (unpaired) electrons. The van der Waals surface area contributed by atoms with E-state index in [0.29, 0.717) is 12.6 Å². The second kappa shape index (κ2) is 6.50. The molecule has 4 bridgehead atoms. The average molecular weight is 348 g/mol. The van der Waals surface area contributed by atoms with Gasteiger partial charge in [0.2, 0.25) is 5.91 Å². The maximum Gasteiger partial charge on any atom is 0.234 e. The van der Waals surface area contributed by atoms with Crippen molar-refractivity contribution in [1.29, 1.82) is 0 Å². The Morgan fingerprint density at radius 3 is 2.16 bits per heavy atom. The van der Waals surface area contributed by atoms with E-state index in [-0.39, 0.29) is 11.7 Å². The fourth-order valence-electron chi connectivity index (χ4n) is 6.55. The van der Waals surface area contributed by atoms with Crippen LogP contribution in [0.15, 0.2) is 0 Å². The lowest BCUT2D eigenvalue weighted by Gasteiger charge is -2.54. The average Bonchev–Trinajstić information content (AvgIpc) is 2.61. The molecule has 0 aromatic heterocycles. The van der Waals surface area contributed by atoms with Gasteiger partial charge in [0.15, 0.2) is 5.79 Å². The molecule has 1 N–H and O–H groups in total. The summed E-state index contributed by atoms with van der Waals surface area (Å²) in [6, 6.07) is 0.460. The number of ether oxygens (including phenoxy) is 2. The summed E-state index contributed by atoms with van der Waals surface area (Å²) in [5.74, 6) is 3.32. The Labute approximate surface area is 150 Å². The second-order valence-electron chi connectivity index (χ2n) is 9.26. The Hall–Kier alpha value is -0.650. The van der Waals surface area contributed by atoms with Gasteiger partial charge in [-0.25, -0.2) is 0 Å². The van der Waals surface area contributed by atoms with Crippen molar-refractivity contribution in [2.24, 2.45) is 23.7 Å². The van der Waals surface area contributed by atoms with Crippen LogP contribution in [0, 0.1) is 23.7 Å². The topological polar surface area (TPSA) is 50.8 Å². The highest BCUT2D eigenvalue weighted by Gasteiger charge is 2.48. The van der Waals surface area contributed by atoms with Crippen LogP contribution in [0.5, 0.6) is 0 Å². The lowest BCUT2D eigenvalue weighted by Crippen LogP contribution is -2.57. The molecule has 4 saturated carbocycles. The summed E-state index contributed by atoms with van der Waals surface area (Å²) in [7, 11) is 0. The van der Waals surface area contributed by atoms with Crippen LogP contribution in [-0.4, -0.2) is 55.5 Å². The highest BCUT2D eigenvalue weighted by Crippen LogP contribution is 2.53. The number of carbonyl (C=O) groups is 1. The number of nitrogens with one attached hydrogen (secondary N) is 1. The quantitative estimate of drug-likeness (QED) is 0.849. The Morgan fingerprint density at radius 1 is 0.960 bits per heavy atom. The monoisotopic (exact) mass is 348 g/mol. The van der Waals surface area contributed by atoms with Gasteiger partial charge in [0.1, 0.15) is 0 Å². The van der Waals surface area contributed by atoms with E-state index < -0.39 is 0 Å². The van der Waals surface area contributed by atoms with Crippen LogP contribution in [0.2, 0.25) is 0 Å². The number of amides is 1. The molecule has 2 saturated heterocycles. The summed E-state index contributed by atoms with van der Waals surface area (Å²) in [6.45, 7) is 3.96. The zero-order valence-electron chi connectivity index (χ0n) is 15.3. The Bertz CT molecular complexity index is 479. The molecule has 6 rings (SSSR count). The first-order valence-corrected chi connectivity index (χ1v) is 10.5. The lowest BCUT2D eigenvalue weighted by atomic mass is 9.54. The molecule has 1 spiro atoms. The van der Waals surface area contributed by atoms with Crippen LogP contribution < -0.4 is 5.32 Å².